The summed E-state index contributed by atoms with van der Waals surface area (Å²) in [5, 5.41) is 3.04. The zero-order valence-corrected chi connectivity index (χ0v) is 11.9. The number of methoxy groups -OCH3 is 1. The first-order chi connectivity index (χ1) is 9.40. The van der Waals surface area contributed by atoms with Crippen molar-refractivity contribution in [3.8, 4) is 5.88 Å². The molecule has 2 aromatic rings. The Balaban J connectivity index is 2.22. The number of benzene rings is 1. The summed E-state index contributed by atoms with van der Waals surface area (Å²) in [5.41, 5.74) is 6.85. The highest BCUT2D eigenvalue weighted by molar-refractivity contribution is 7.90. The lowest BCUT2D eigenvalue weighted by Gasteiger charge is -2.09. The summed E-state index contributed by atoms with van der Waals surface area (Å²) in [6.07, 6.45) is 1.17. The molecular formula is C13H15N3O3S. The van der Waals surface area contributed by atoms with E-state index in [1.54, 1.807) is 24.3 Å². The second-order valence-corrected chi connectivity index (χ2v) is 6.23. The Morgan fingerprint density at radius 1 is 1.15 bits per heavy atom. The highest BCUT2D eigenvalue weighted by atomic mass is 32.2. The van der Waals surface area contributed by atoms with Crippen LogP contribution in [0.1, 0.15) is 0 Å². The summed E-state index contributed by atoms with van der Waals surface area (Å²) in [5.74, 6) is 0.894. The van der Waals surface area contributed by atoms with Crippen LogP contribution in [0.2, 0.25) is 0 Å². The van der Waals surface area contributed by atoms with Crippen molar-refractivity contribution in [3.05, 3.63) is 36.4 Å². The number of nitrogen functional groups attached to an aromatic ring is 1. The Hall–Kier alpha value is -2.28. The number of nitrogens with two attached hydrogens (primary N) is 1. The maximum Gasteiger partial charge on any atom is 0.238 e. The van der Waals surface area contributed by atoms with Crippen molar-refractivity contribution in [1.82, 2.24) is 4.98 Å². The third kappa shape index (κ3) is 3.18. The van der Waals surface area contributed by atoms with E-state index in [0.29, 0.717) is 17.4 Å². The van der Waals surface area contributed by atoms with Gasteiger partial charge in [0.1, 0.15) is 5.82 Å². The lowest BCUT2D eigenvalue weighted by molar-refractivity contribution is 0.401. The van der Waals surface area contributed by atoms with Crippen LogP contribution in [0, 0.1) is 0 Å². The number of aromatic nitrogens is 1. The Morgan fingerprint density at radius 3 is 2.35 bits per heavy atom. The van der Waals surface area contributed by atoms with Gasteiger partial charge < -0.3 is 15.8 Å². The van der Waals surface area contributed by atoms with Gasteiger partial charge >= 0.3 is 0 Å². The van der Waals surface area contributed by atoms with Crippen molar-refractivity contribution in [3.63, 3.8) is 0 Å². The predicted molar refractivity (Wildman–Crippen MR) is 78.0 cm³/mol. The van der Waals surface area contributed by atoms with E-state index < -0.39 is 9.84 Å². The molecule has 0 unspecified atom stereocenters. The van der Waals surface area contributed by atoms with Gasteiger partial charge in [0.25, 0.3) is 0 Å². The number of hydrogen-bond acceptors (Lipinski definition) is 6. The van der Waals surface area contributed by atoms with Crippen molar-refractivity contribution in [2.75, 3.05) is 24.4 Å². The monoisotopic (exact) mass is 293 g/mol. The molecule has 0 aliphatic heterocycles. The molecule has 0 atom stereocenters. The average molecular weight is 293 g/mol. The molecule has 0 aliphatic rings. The first-order valence-corrected chi connectivity index (χ1v) is 7.67. The largest absolute Gasteiger partial charge is 0.479 e. The molecule has 1 aromatic heterocycles. The normalized spacial score (nSPS) is 11.1. The fourth-order valence-corrected chi connectivity index (χ4v) is 2.25. The van der Waals surface area contributed by atoms with Crippen molar-refractivity contribution in [1.29, 1.82) is 0 Å². The Kier molecular flexibility index (Phi) is 3.80. The molecule has 1 aromatic carbocycles. The molecule has 0 saturated carbocycles. The molecule has 3 N–H and O–H groups in total. The maximum absolute atomic E-state index is 11.4. The number of nitrogens with zero attached hydrogens (tertiary/aromatic N) is 1. The topological polar surface area (TPSA) is 94.3 Å². The highest BCUT2D eigenvalue weighted by Gasteiger charge is 2.07. The summed E-state index contributed by atoms with van der Waals surface area (Å²) >= 11 is 0. The molecule has 7 heteroatoms. The highest BCUT2D eigenvalue weighted by Crippen LogP contribution is 2.23. The van der Waals surface area contributed by atoms with Crippen LogP contribution in [-0.2, 0) is 9.84 Å². The Labute approximate surface area is 117 Å². The van der Waals surface area contributed by atoms with E-state index in [9.17, 15) is 8.42 Å². The lowest BCUT2D eigenvalue weighted by Crippen LogP contribution is -2.00. The van der Waals surface area contributed by atoms with Gasteiger partial charge in [-0.05, 0) is 36.4 Å². The summed E-state index contributed by atoms with van der Waals surface area (Å²) in [6.45, 7) is 0. The summed E-state index contributed by atoms with van der Waals surface area (Å²) in [7, 11) is -1.70. The third-order valence-corrected chi connectivity index (χ3v) is 3.77. The van der Waals surface area contributed by atoms with E-state index in [2.05, 4.69) is 10.3 Å². The molecule has 2 rings (SSSR count). The van der Waals surface area contributed by atoms with Gasteiger partial charge in [-0.15, -0.1) is 0 Å². The number of hydrogen-bond donors (Lipinski definition) is 2. The molecule has 0 spiro atoms. The first kappa shape index (κ1) is 14.1. The van der Waals surface area contributed by atoms with E-state index in [1.165, 1.54) is 25.5 Å². The fraction of sp³-hybridized carbons (Fsp3) is 0.154. The van der Waals surface area contributed by atoms with E-state index >= 15 is 0 Å². The van der Waals surface area contributed by atoms with Crippen molar-refractivity contribution in [2.24, 2.45) is 0 Å². The number of rotatable bonds is 4. The van der Waals surface area contributed by atoms with Gasteiger partial charge in [-0.2, -0.15) is 4.98 Å². The van der Waals surface area contributed by atoms with Crippen LogP contribution in [0.3, 0.4) is 0 Å². The van der Waals surface area contributed by atoms with E-state index in [4.69, 9.17) is 10.5 Å². The van der Waals surface area contributed by atoms with Gasteiger partial charge in [0.05, 0.1) is 17.7 Å². The number of ether oxygens (including phenoxy) is 1. The Morgan fingerprint density at radius 2 is 1.80 bits per heavy atom. The first-order valence-electron chi connectivity index (χ1n) is 5.78. The van der Waals surface area contributed by atoms with Crippen LogP contribution >= 0.6 is 0 Å². The third-order valence-electron chi connectivity index (χ3n) is 2.64. The van der Waals surface area contributed by atoms with Gasteiger partial charge in [-0.25, -0.2) is 8.42 Å². The minimum atomic E-state index is -3.19. The Bertz CT molecular complexity index is 712. The van der Waals surface area contributed by atoms with Crippen LogP contribution in [-0.4, -0.2) is 26.8 Å². The average Bonchev–Trinajstić information content (AvgIpc) is 2.40. The minimum Gasteiger partial charge on any atom is -0.479 e. The van der Waals surface area contributed by atoms with Crippen LogP contribution in [0.25, 0.3) is 0 Å². The molecule has 0 aliphatic carbocycles. The molecule has 0 radical (unpaired) electrons. The molecule has 0 saturated heterocycles. The quantitative estimate of drug-likeness (QED) is 0.893. The second-order valence-electron chi connectivity index (χ2n) is 4.22. The van der Waals surface area contributed by atoms with Crippen molar-refractivity contribution < 1.29 is 13.2 Å². The van der Waals surface area contributed by atoms with E-state index in [1.807, 2.05) is 0 Å². The van der Waals surface area contributed by atoms with E-state index in [-0.39, 0.29) is 4.90 Å². The molecule has 6 nitrogen and oxygen atoms in total. The number of nitrogens with one attached hydrogen (secondary N) is 1. The van der Waals surface area contributed by atoms with Gasteiger partial charge in [0, 0.05) is 11.9 Å². The zero-order chi connectivity index (χ0) is 14.8. The lowest BCUT2D eigenvalue weighted by atomic mass is 10.3. The summed E-state index contributed by atoms with van der Waals surface area (Å²) in [4.78, 5) is 4.45. The molecule has 0 amide bonds. The molecule has 20 heavy (non-hydrogen) atoms. The molecule has 106 valence electrons. The predicted octanol–water partition coefficient (Wildman–Crippen LogP) is 1.82. The molecule has 0 bridgehead atoms. The number of anilines is 3. The van der Waals surface area contributed by atoms with Crippen LogP contribution < -0.4 is 15.8 Å². The number of sulfone groups is 1. The van der Waals surface area contributed by atoms with Gasteiger partial charge in [0.2, 0.25) is 5.88 Å². The molecular weight excluding hydrogens is 278 g/mol. The standard InChI is InChI=1S/C13H15N3O3S/c1-19-13-11(14)7-8-12(16-13)15-9-3-5-10(6-4-9)20(2,17)18/h3-8H,14H2,1-2H3,(H,15,16). The SMILES string of the molecule is COc1nc(Nc2ccc(S(C)(=O)=O)cc2)ccc1N. The van der Waals surface area contributed by atoms with Gasteiger partial charge in [-0.1, -0.05) is 0 Å². The van der Waals surface area contributed by atoms with Gasteiger partial charge in [-0.3, -0.25) is 0 Å². The number of pyridine rings is 1. The summed E-state index contributed by atoms with van der Waals surface area (Å²) < 4.78 is 27.8. The minimum absolute atomic E-state index is 0.269. The zero-order valence-electron chi connectivity index (χ0n) is 11.1. The van der Waals surface area contributed by atoms with Crippen LogP contribution in [0.4, 0.5) is 17.2 Å². The van der Waals surface area contributed by atoms with Crippen molar-refractivity contribution >= 4 is 27.0 Å². The van der Waals surface area contributed by atoms with Crippen LogP contribution in [0.15, 0.2) is 41.3 Å². The molecule has 0 fully saturated rings. The van der Waals surface area contributed by atoms with E-state index in [0.717, 1.165) is 5.69 Å². The van der Waals surface area contributed by atoms with Gasteiger partial charge in [0.15, 0.2) is 9.84 Å². The second kappa shape index (κ2) is 5.38. The smallest absolute Gasteiger partial charge is 0.238 e. The fourth-order valence-electron chi connectivity index (χ4n) is 1.62. The summed E-state index contributed by atoms with van der Waals surface area (Å²) in [6, 6.07) is 9.79. The van der Waals surface area contributed by atoms with Crippen LogP contribution in [0.5, 0.6) is 5.88 Å². The molecule has 1 heterocycles. The van der Waals surface area contributed by atoms with Crippen molar-refractivity contribution in [2.45, 2.75) is 4.90 Å². The maximum atomic E-state index is 11.4.